The van der Waals surface area contributed by atoms with Crippen LogP contribution in [0.4, 0.5) is 0 Å². The average Bonchev–Trinajstić information content (AvgIpc) is 2.39. The van der Waals surface area contributed by atoms with Crippen LogP contribution in [-0.2, 0) is 11.3 Å². The van der Waals surface area contributed by atoms with Gasteiger partial charge in [-0.15, -0.1) is 0 Å². The fourth-order valence-corrected chi connectivity index (χ4v) is 0.673. The molecule has 1 heterocycles. The number of aliphatic carboxylic acids is 1. The molecule has 0 amide bonds. The number of aromatic nitrogens is 2. The first-order chi connectivity index (χ1) is 5.20. The second-order valence-corrected chi connectivity index (χ2v) is 2.11. The molecule has 1 rings (SSSR count). The van der Waals surface area contributed by atoms with E-state index in [0.717, 1.165) is 0 Å². The first-order valence-electron chi connectivity index (χ1n) is 3.07. The summed E-state index contributed by atoms with van der Waals surface area (Å²) in [7, 11) is 0. The van der Waals surface area contributed by atoms with E-state index in [2.05, 4.69) is 4.98 Å². The van der Waals surface area contributed by atoms with Crippen molar-refractivity contribution in [2.45, 2.75) is 12.6 Å². The number of hydrogen-bond acceptors (Lipinski definition) is 3. The van der Waals surface area contributed by atoms with E-state index in [4.69, 9.17) is 10.2 Å². The van der Waals surface area contributed by atoms with E-state index in [1.807, 2.05) is 0 Å². The van der Waals surface area contributed by atoms with Gasteiger partial charge in [0.05, 0.1) is 12.9 Å². The molecule has 0 saturated heterocycles. The number of nitrogens with zero attached hydrogens (tertiary/aromatic N) is 2. The summed E-state index contributed by atoms with van der Waals surface area (Å²) in [5.41, 5.74) is 0. The minimum absolute atomic E-state index is 0. The van der Waals surface area contributed by atoms with E-state index in [1.54, 1.807) is 6.20 Å². The van der Waals surface area contributed by atoms with Crippen LogP contribution < -0.4 is 59.1 Å². The van der Waals surface area contributed by atoms with Gasteiger partial charge in [-0.25, -0.2) is 9.78 Å². The normalized spacial score (nSPS) is 10.1. The van der Waals surface area contributed by atoms with Gasteiger partial charge in [-0.2, -0.15) is 0 Å². The van der Waals surface area contributed by atoms with Crippen molar-refractivity contribution >= 4 is 5.97 Å². The number of imidazole rings is 1. The van der Waals surface area contributed by atoms with Gasteiger partial charge in [0.1, 0.15) is 0 Å². The molecule has 0 spiro atoms. The van der Waals surface area contributed by atoms with Gasteiger partial charge < -0.3 is 23.1 Å². The third kappa shape index (κ3) is 6.97. The van der Waals surface area contributed by atoms with Gasteiger partial charge in [-0.05, 0) is 0 Å². The summed E-state index contributed by atoms with van der Waals surface area (Å²) < 4.78 is 1.50. The van der Waals surface area contributed by atoms with Crippen molar-refractivity contribution in [3.8, 4) is 0 Å². The zero-order chi connectivity index (χ0) is 8.27. The maximum atomic E-state index is 10.1. The largest absolute Gasteiger partial charge is 1.00 e. The molecule has 0 saturated carbocycles. The summed E-state index contributed by atoms with van der Waals surface area (Å²) in [5.74, 6) is -1.22. The Kier molecular flexibility index (Phi) is 14.5. The van der Waals surface area contributed by atoms with Crippen molar-refractivity contribution in [3.63, 3.8) is 0 Å². The molecule has 0 bridgehead atoms. The standard InChI is InChI=1S/C6H8N2O3.2Na.H2O.2H/c9-5(6(10)11)3-8-2-1-7-4-8;;;;;/h1-2,4-5,9H,3H2,(H,10,11);;;1H2;;/q;2*+1;;2*-1. The van der Waals surface area contributed by atoms with E-state index in [0.29, 0.717) is 0 Å². The number of hydrogen-bond donors (Lipinski definition) is 2. The van der Waals surface area contributed by atoms with E-state index in [-0.39, 0.29) is 74.0 Å². The van der Waals surface area contributed by atoms with Crippen molar-refractivity contribution in [1.29, 1.82) is 0 Å². The molecule has 6 nitrogen and oxygen atoms in total. The van der Waals surface area contributed by atoms with Crippen LogP contribution in [0.15, 0.2) is 18.7 Å². The third-order valence-corrected chi connectivity index (χ3v) is 1.23. The Balaban J connectivity index is -0.0000000807. The van der Waals surface area contributed by atoms with Crippen LogP contribution in [0.5, 0.6) is 0 Å². The molecule has 1 unspecified atom stereocenters. The minimum atomic E-state index is -1.36. The molecule has 0 aliphatic carbocycles. The molecular formula is C6H12N2Na2O4. The molecule has 1 aromatic heterocycles. The van der Waals surface area contributed by atoms with Crippen LogP contribution in [0, 0.1) is 0 Å². The van der Waals surface area contributed by atoms with E-state index < -0.39 is 12.1 Å². The van der Waals surface area contributed by atoms with Gasteiger partial charge >= 0.3 is 65.1 Å². The summed E-state index contributed by atoms with van der Waals surface area (Å²) in [4.78, 5) is 13.8. The maximum absolute atomic E-state index is 10.1. The predicted octanol–water partition coefficient (Wildman–Crippen LogP) is -7.26. The fraction of sp³-hybridized carbons (Fsp3) is 0.333. The van der Waals surface area contributed by atoms with Crippen LogP contribution in [-0.4, -0.2) is 37.3 Å². The predicted molar refractivity (Wildman–Crippen MR) is 41.7 cm³/mol. The number of rotatable bonds is 3. The van der Waals surface area contributed by atoms with Crippen molar-refractivity contribution in [3.05, 3.63) is 18.7 Å². The van der Waals surface area contributed by atoms with Gasteiger partial charge in [0.15, 0.2) is 6.10 Å². The zero-order valence-electron chi connectivity index (χ0n) is 10.2. The molecule has 14 heavy (non-hydrogen) atoms. The van der Waals surface area contributed by atoms with Crippen molar-refractivity contribution < 1.29 is 82.5 Å². The number of aliphatic hydroxyl groups is 1. The van der Waals surface area contributed by atoms with Crippen molar-refractivity contribution in [2.24, 2.45) is 0 Å². The Morgan fingerprint density at radius 3 is 2.50 bits per heavy atom. The van der Waals surface area contributed by atoms with Gasteiger partial charge in [0.2, 0.25) is 0 Å². The van der Waals surface area contributed by atoms with Crippen LogP contribution >= 0.6 is 0 Å². The zero-order valence-corrected chi connectivity index (χ0v) is 12.2. The molecular weight excluding hydrogens is 210 g/mol. The van der Waals surface area contributed by atoms with Crippen LogP contribution in [0.3, 0.4) is 0 Å². The van der Waals surface area contributed by atoms with Crippen LogP contribution in [0.25, 0.3) is 0 Å². The van der Waals surface area contributed by atoms with E-state index in [9.17, 15) is 4.79 Å². The fourth-order valence-electron chi connectivity index (χ4n) is 0.673. The smallest absolute Gasteiger partial charge is 1.00 e. The first kappa shape index (κ1) is 20.1. The van der Waals surface area contributed by atoms with Gasteiger partial charge in [0.25, 0.3) is 0 Å². The van der Waals surface area contributed by atoms with Gasteiger partial charge in [-0.1, -0.05) is 0 Å². The molecule has 1 atom stereocenters. The van der Waals surface area contributed by atoms with Gasteiger partial charge in [-0.3, -0.25) is 0 Å². The SMILES string of the molecule is O.O=C(O)C(O)Cn1ccnc1.[H-].[H-].[Na+].[Na+]. The molecule has 0 aromatic carbocycles. The Morgan fingerprint density at radius 2 is 2.14 bits per heavy atom. The number of carboxylic acid groups (broad SMARTS) is 1. The molecule has 1 aromatic rings. The summed E-state index contributed by atoms with van der Waals surface area (Å²) in [6.45, 7) is 0.0370. The summed E-state index contributed by atoms with van der Waals surface area (Å²) in [5, 5.41) is 17.1. The van der Waals surface area contributed by atoms with Gasteiger partial charge in [0, 0.05) is 12.4 Å². The Bertz CT molecular complexity index is 251. The second kappa shape index (κ2) is 10.1. The number of carbonyl (C=O) groups is 1. The van der Waals surface area contributed by atoms with E-state index in [1.165, 1.54) is 17.1 Å². The topological polar surface area (TPSA) is 107 Å². The summed E-state index contributed by atoms with van der Waals surface area (Å²) in [6, 6.07) is 0. The molecule has 8 heteroatoms. The molecule has 0 fully saturated rings. The quantitative estimate of drug-likeness (QED) is 0.495. The number of carboxylic acids is 1. The molecule has 0 aliphatic rings. The third-order valence-electron chi connectivity index (χ3n) is 1.23. The Morgan fingerprint density at radius 1 is 1.57 bits per heavy atom. The Hall–Kier alpha value is 0.600. The van der Waals surface area contributed by atoms with Crippen molar-refractivity contribution in [2.75, 3.05) is 0 Å². The first-order valence-corrected chi connectivity index (χ1v) is 3.07. The summed E-state index contributed by atoms with van der Waals surface area (Å²) >= 11 is 0. The van der Waals surface area contributed by atoms with Crippen molar-refractivity contribution in [1.82, 2.24) is 9.55 Å². The minimum Gasteiger partial charge on any atom is -1.00 e. The van der Waals surface area contributed by atoms with E-state index >= 15 is 0 Å². The number of aliphatic hydroxyl groups excluding tert-OH is 1. The van der Waals surface area contributed by atoms with Crippen LogP contribution in [0.2, 0.25) is 0 Å². The molecule has 0 radical (unpaired) electrons. The van der Waals surface area contributed by atoms with Crippen LogP contribution in [0.1, 0.15) is 2.85 Å². The molecule has 4 N–H and O–H groups in total. The monoisotopic (exact) mass is 222 g/mol. The second-order valence-electron chi connectivity index (χ2n) is 2.11. The Labute approximate surface area is 128 Å². The average molecular weight is 222 g/mol. The summed E-state index contributed by atoms with van der Waals surface area (Å²) in [6.07, 6.45) is 3.21. The maximum Gasteiger partial charge on any atom is 1.00 e. The molecule has 0 aliphatic heterocycles. The molecule has 72 valence electrons.